The van der Waals surface area contributed by atoms with Crippen LogP contribution >= 0.6 is 0 Å². The Morgan fingerprint density at radius 3 is 2.40 bits per heavy atom. The van der Waals surface area contributed by atoms with Crippen LogP contribution in [0.5, 0.6) is 0 Å². The predicted molar refractivity (Wildman–Crippen MR) is 102 cm³/mol. The number of nitrogens with zero attached hydrogens (tertiary/aromatic N) is 3. The first-order valence-corrected chi connectivity index (χ1v) is 10.3. The molecule has 5 atom stereocenters. The second-order valence-electron chi connectivity index (χ2n) is 9.43. The van der Waals surface area contributed by atoms with Gasteiger partial charge in [0.2, 0.25) is 0 Å². The maximum atomic E-state index is 6.11. The lowest BCUT2D eigenvalue weighted by Gasteiger charge is -2.43. The average molecular weight is 349 g/mol. The van der Waals surface area contributed by atoms with Gasteiger partial charge in [0.15, 0.2) is 5.96 Å². The molecule has 4 heterocycles. The Hall–Kier alpha value is -0.810. The van der Waals surface area contributed by atoms with Crippen LogP contribution in [0, 0.1) is 17.8 Å². The van der Waals surface area contributed by atoms with Gasteiger partial charge in [-0.25, -0.2) is 0 Å². The summed E-state index contributed by atoms with van der Waals surface area (Å²) in [6.45, 7) is 12.8. The Morgan fingerprint density at radius 2 is 1.80 bits per heavy atom. The Balaban J connectivity index is 1.33. The summed E-state index contributed by atoms with van der Waals surface area (Å²) in [7, 11) is 1.93. The summed E-state index contributed by atoms with van der Waals surface area (Å²) in [5.74, 6) is 3.37. The van der Waals surface area contributed by atoms with E-state index in [9.17, 15) is 0 Å². The zero-order valence-corrected chi connectivity index (χ0v) is 16.5. The molecule has 4 aliphatic rings. The van der Waals surface area contributed by atoms with Crippen LogP contribution in [-0.2, 0) is 4.74 Å². The third-order valence-electron chi connectivity index (χ3n) is 7.16. The van der Waals surface area contributed by atoms with Crippen molar-refractivity contribution in [1.29, 1.82) is 0 Å². The van der Waals surface area contributed by atoms with Gasteiger partial charge in [-0.1, -0.05) is 6.92 Å². The first kappa shape index (κ1) is 17.6. The maximum absolute atomic E-state index is 6.11. The van der Waals surface area contributed by atoms with E-state index in [2.05, 4.69) is 40.9 Å². The Morgan fingerprint density at radius 1 is 1.12 bits per heavy atom. The van der Waals surface area contributed by atoms with Crippen molar-refractivity contribution in [1.82, 2.24) is 15.1 Å². The number of aliphatic imine (C=N–C) groups is 1. The van der Waals surface area contributed by atoms with Crippen molar-refractivity contribution in [3.63, 3.8) is 0 Å². The summed E-state index contributed by atoms with van der Waals surface area (Å²) < 4.78 is 6.11. The average Bonchev–Trinajstić information content (AvgIpc) is 3.28. The van der Waals surface area contributed by atoms with Gasteiger partial charge in [-0.2, -0.15) is 0 Å². The minimum absolute atomic E-state index is 0.169. The molecular formula is C20H36N4O. The van der Waals surface area contributed by atoms with Crippen molar-refractivity contribution in [3.8, 4) is 0 Å². The molecule has 4 saturated heterocycles. The van der Waals surface area contributed by atoms with Crippen LogP contribution in [0.2, 0.25) is 0 Å². The van der Waals surface area contributed by atoms with E-state index in [1.165, 1.54) is 38.8 Å². The minimum atomic E-state index is 0.169. The molecular weight excluding hydrogens is 312 g/mol. The van der Waals surface area contributed by atoms with Crippen LogP contribution in [-0.4, -0.2) is 73.3 Å². The molecule has 1 N–H and O–H groups in total. The van der Waals surface area contributed by atoms with E-state index in [4.69, 9.17) is 4.74 Å². The molecule has 2 bridgehead atoms. The number of rotatable bonds is 3. The zero-order chi connectivity index (χ0) is 17.6. The van der Waals surface area contributed by atoms with E-state index in [-0.39, 0.29) is 5.54 Å². The molecule has 0 saturated carbocycles. The summed E-state index contributed by atoms with van der Waals surface area (Å²) in [4.78, 5) is 9.75. The fraction of sp³-hybridized carbons (Fsp3) is 0.950. The molecule has 5 nitrogen and oxygen atoms in total. The predicted octanol–water partition coefficient (Wildman–Crippen LogP) is 2.18. The largest absolute Gasteiger partial charge is 0.374 e. The summed E-state index contributed by atoms with van der Waals surface area (Å²) in [5, 5.41) is 3.70. The molecule has 4 fully saturated rings. The van der Waals surface area contributed by atoms with E-state index in [0.29, 0.717) is 12.2 Å². The van der Waals surface area contributed by atoms with Crippen molar-refractivity contribution in [2.24, 2.45) is 22.7 Å². The van der Waals surface area contributed by atoms with Gasteiger partial charge in [0.05, 0.1) is 12.2 Å². The molecule has 5 unspecified atom stereocenters. The lowest BCUT2D eigenvalue weighted by atomic mass is 9.82. The number of likely N-dealkylation sites (tertiary alicyclic amines) is 2. The number of ether oxygens (including phenoxy) is 1. The molecule has 0 aliphatic carbocycles. The molecule has 25 heavy (non-hydrogen) atoms. The van der Waals surface area contributed by atoms with E-state index < -0.39 is 0 Å². The minimum Gasteiger partial charge on any atom is -0.374 e. The molecule has 4 rings (SSSR count). The fourth-order valence-electron chi connectivity index (χ4n) is 5.61. The van der Waals surface area contributed by atoms with Gasteiger partial charge >= 0.3 is 0 Å². The van der Waals surface area contributed by atoms with E-state index >= 15 is 0 Å². The van der Waals surface area contributed by atoms with Crippen LogP contribution in [0.3, 0.4) is 0 Å². The first-order valence-electron chi connectivity index (χ1n) is 10.3. The van der Waals surface area contributed by atoms with E-state index in [1.807, 2.05) is 7.05 Å². The first-order chi connectivity index (χ1) is 12.0. The summed E-state index contributed by atoms with van der Waals surface area (Å²) in [6.07, 6.45) is 6.28. The number of piperidine rings is 1. The number of guanidine groups is 1. The third kappa shape index (κ3) is 3.30. The van der Waals surface area contributed by atoms with Gasteiger partial charge < -0.3 is 15.0 Å². The van der Waals surface area contributed by atoms with Gasteiger partial charge in [-0.3, -0.25) is 9.89 Å². The topological polar surface area (TPSA) is 40.1 Å². The van der Waals surface area contributed by atoms with Crippen molar-refractivity contribution in [2.45, 2.75) is 64.2 Å². The SMILES string of the molecule is CN=C(NCC(C)(C)N1CCCC(C)C1)N1CC2C3CCC(O3)C2C1. The van der Waals surface area contributed by atoms with Crippen molar-refractivity contribution in [2.75, 3.05) is 39.8 Å². The van der Waals surface area contributed by atoms with Crippen molar-refractivity contribution in [3.05, 3.63) is 0 Å². The molecule has 0 aromatic rings. The zero-order valence-electron chi connectivity index (χ0n) is 16.5. The number of nitrogens with one attached hydrogen (secondary N) is 1. The summed E-state index contributed by atoms with van der Waals surface area (Å²) in [6, 6.07) is 0. The second kappa shape index (κ2) is 6.73. The highest BCUT2D eigenvalue weighted by Gasteiger charge is 2.53. The molecule has 5 heteroatoms. The van der Waals surface area contributed by atoms with Gasteiger partial charge in [0.1, 0.15) is 0 Å². The molecule has 0 radical (unpaired) electrons. The normalized spacial score (nSPS) is 39.1. The third-order valence-corrected chi connectivity index (χ3v) is 7.16. The highest BCUT2D eigenvalue weighted by Crippen LogP contribution is 2.47. The van der Waals surface area contributed by atoms with Gasteiger partial charge in [-0.15, -0.1) is 0 Å². The summed E-state index contributed by atoms with van der Waals surface area (Å²) >= 11 is 0. The Kier molecular flexibility index (Phi) is 4.74. The molecule has 0 aromatic carbocycles. The Labute approximate surface area is 153 Å². The van der Waals surface area contributed by atoms with Crippen molar-refractivity contribution < 1.29 is 4.74 Å². The van der Waals surface area contributed by atoms with E-state index in [0.717, 1.165) is 43.3 Å². The van der Waals surface area contributed by atoms with Crippen LogP contribution in [0.4, 0.5) is 0 Å². The highest BCUT2D eigenvalue weighted by atomic mass is 16.5. The smallest absolute Gasteiger partial charge is 0.193 e. The Bertz CT molecular complexity index is 502. The molecule has 4 aliphatic heterocycles. The maximum Gasteiger partial charge on any atom is 0.193 e. The van der Waals surface area contributed by atoms with Gasteiger partial charge in [-0.05, 0) is 52.0 Å². The van der Waals surface area contributed by atoms with Gasteiger partial charge in [0, 0.05) is 50.6 Å². The monoisotopic (exact) mass is 348 g/mol. The lowest BCUT2D eigenvalue weighted by molar-refractivity contribution is 0.0715. The number of hydrogen-bond donors (Lipinski definition) is 1. The van der Waals surface area contributed by atoms with Crippen LogP contribution in [0.1, 0.15) is 46.5 Å². The lowest BCUT2D eigenvalue weighted by Crippen LogP contribution is -2.56. The molecule has 0 aromatic heterocycles. The van der Waals surface area contributed by atoms with Crippen molar-refractivity contribution >= 4 is 5.96 Å². The molecule has 0 spiro atoms. The fourth-order valence-corrected chi connectivity index (χ4v) is 5.61. The van der Waals surface area contributed by atoms with Crippen LogP contribution in [0.25, 0.3) is 0 Å². The number of hydrogen-bond acceptors (Lipinski definition) is 3. The highest BCUT2D eigenvalue weighted by molar-refractivity contribution is 5.80. The van der Waals surface area contributed by atoms with E-state index in [1.54, 1.807) is 0 Å². The summed E-state index contributed by atoms with van der Waals surface area (Å²) in [5.41, 5.74) is 0.169. The quantitative estimate of drug-likeness (QED) is 0.627. The van der Waals surface area contributed by atoms with Crippen LogP contribution in [0.15, 0.2) is 4.99 Å². The second-order valence-corrected chi connectivity index (χ2v) is 9.43. The van der Waals surface area contributed by atoms with Gasteiger partial charge in [0.25, 0.3) is 0 Å². The van der Waals surface area contributed by atoms with Crippen LogP contribution < -0.4 is 5.32 Å². The molecule has 142 valence electrons. The molecule has 0 amide bonds. The standard InChI is InChI=1S/C20H36N4O/c1-14-6-5-9-24(10-14)20(2,3)13-22-19(21-4)23-11-15-16(12-23)18-8-7-17(15)25-18/h14-18H,5-13H2,1-4H3,(H,21,22). The number of fused-ring (bicyclic) bond motifs is 5.